The van der Waals surface area contributed by atoms with E-state index >= 15 is 0 Å². The Balaban J connectivity index is 1.68. The minimum absolute atomic E-state index is 0.509. The topological polar surface area (TPSA) is 26.0 Å². The minimum Gasteiger partial charge on any atom is -0.327 e. The first-order valence-corrected chi connectivity index (χ1v) is 7.83. The van der Waals surface area contributed by atoms with E-state index in [0.717, 1.165) is 46.8 Å². The minimum atomic E-state index is 0.509. The Bertz CT molecular complexity index is 351. The van der Waals surface area contributed by atoms with Crippen molar-refractivity contribution in [2.45, 2.75) is 52.5 Å². The normalized spacial score (nSPS) is 68.5. The average Bonchev–Trinajstić information content (AvgIpc) is 2.61. The van der Waals surface area contributed by atoms with E-state index in [-0.39, 0.29) is 0 Å². The lowest BCUT2D eigenvalue weighted by Gasteiger charge is -2.63. The van der Waals surface area contributed by atoms with E-state index in [1.54, 1.807) is 0 Å². The van der Waals surface area contributed by atoms with Gasteiger partial charge in [-0.15, -0.1) is 0 Å². The Kier molecular flexibility index (Phi) is 1.98. The van der Waals surface area contributed by atoms with E-state index in [2.05, 4.69) is 20.8 Å². The van der Waals surface area contributed by atoms with Gasteiger partial charge in [0.2, 0.25) is 0 Å². The van der Waals surface area contributed by atoms with E-state index in [4.69, 9.17) is 5.73 Å². The Labute approximate surface area is 106 Å². The second-order valence-corrected chi connectivity index (χ2v) is 7.90. The van der Waals surface area contributed by atoms with Crippen LogP contribution in [0, 0.1) is 46.8 Å². The third kappa shape index (κ3) is 0.993. The molecule has 1 nitrogen and oxygen atoms in total. The lowest BCUT2D eigenvalue weighted by Crippen LogP contribution is -2.60. The average molecular weight is 233 g/mol. The van der Waals surface area contributed by atoms with Gasteiger partial charge in [0.15, 0.2) is 0 Å². The summed E-state index contributed by atoms with van der Waals surface area (Å²) in [5, 5.41) is 0. The number of nitrogens with two attached hydrogens (primary N) is 1. The van der Waals surface area contributed by atoms with Crippen LogP contribution in [0.2, 0.25) is 0 Å². The van der Waals surface area contributed by atoms with Crippen LogP contribution in [0.15, 0.2) is 0 Å². The third-order valence-corrected chi connectivity index (χ3v) is 7.73. The summed E-state index contributed by atoms with van der Waals surface area (Å²) in [6.07, 6.45) is 6.03. The molecule has 0 radical (unpaired) electrons. The molecule has 1 heteroatoms. The molecule has 0 aromatic heterocycles. The zero-order valence-electron chi connectivity index (χ0n) is 11.5. The highest BCUT2D eigenvalue weighted by molar-refractivity contribution is 5.21. The van der Waals surface area contributed by atoms with E-state index < -0.39 is 0 Å². The molecule has 0 aromatic carbocycles. The SMILES string of the molecule is CC1CC2C(C1N)[C@H](C)C21C[C@H](C)C2CCC21. The first kappa shape index (κ1) is 10.8. The van der Waals surface area contributed by atoms with Crippen molar-refractivity contribution in [1.29, 1.82) is 0 Å². The van der Waals surface area contributed by atoms with Crippen molar-refractivity contribution in [3.8, 4) is 0 Å². The van der Waals surface area contributed by atoms with Gasteiger partial charge in [0.1, 0.15) is 0 Å². The maximum absolute atomic E-state index is 6.44. The number of hydrogen-bond acceptors (Lipinski definition) is 1. The molecule has 4 aliphatic carbocycles. The summed E-state index contributed by atoms with van der Waals surface area (Å²) in [6, 6.07) is 0.509. The zero-order chi connectivity index (χ0) is 11.9. The molecule has 2 N–H and O–H groups in total. The van der Waals surface area contributed by atoms with E-state index in [1.165, 1.54) is 25.7 Å². The first-order valence-electron chi connectivity index (χ1n) is 7.83. The summed E-state index contributed by atoms with van der Waals surface area (Å²) in [5.74, 6) is 6.75. The molecule has 4 aliphatic rings. The summed E-state index contributed by atoms with van der Waals surface area (Å²) in [5.41, 5.74) is 7.18. The summed E-state index contributed by atoms with van der Waals surface area (Å²) >= 11 is 0. The molecule has 7 unspecified atom stereocenters. The fourth-order valence-electron chi connectivity index (χ4n) is 6.88. The van der Waals surface area contributed by atoms with Gasteiger partial charge in [-0.1, -0.05) is 20.8 Å². The summed E-state index contributed by atoms with van der Waals surface area (Å²) in [4.78, 5) is 0. The van der Waals surface area contributed by atoms with Crippen LogP contribution in [0.1, 0.15) is 46.5 Å². The summed E-state index contributed by atoms with van der Waals surface area (Å²) in [6.45, 7) is 7.44. The van der Waals surface area contributed by atoms with E-state index in [0.29, 0.717) is 6.04 Å². The smallest absolute Gasteiger partial charge is 0.00987 e. The lowest BCUT2D eigenvalue weighted by molar-refractivity contribution is -0.151. The lowest BCUT2D eigenvalue weighted by atomic mass is 9.42. The molecule has 4 fully saturated rings. The summed E-state index contributed by atoms with van der Waals surface area (Å²) < 4.78 is 0. The van der Waals surface area contributed by atoms with Crippen LogP contribution in [0.4, 0.5) is 0 Å². The molecular weight excluding hydrogens is 206 g/mol. The molecule has 0 amide bonds. The molecule has 0 aromatic rings. The quantitative estimate of drug-likeness (QED) is 0.682. The van der Waals surface area contributed by atoms with Crippen molar-refractivity contribution in [3.63, 3.8) is 0 Å². The van der Waals surface area contributed by atoms with Gasteiger partial charge in [0, 0.05) is 6.04 Å². The van der Waals surface area contributed by atoms with Gasteiger partial charge in [-0.25, -0.2) is 0 Å². The number of hydrogen-bond donors (Lipinski definition) is 1. The molecule has 4 saturated carbocycles. The van der Waals surface area contributed by atoms with Crippen molar-refractivity contribution >= 4 is 0 Å². The van der Waals surface area contributed by atoms with Crippen LogP contribution in [-0.2, 0) is 0 Å². The predicted octanol–water partition coefficient (Wildman–Crippen LogP) is 3.29. The van der Waals surface area contributed by atoms with Crippen LogP contribution in [0.25, 0.3) is 0 Å². The molecule has 96 valence electrons. The van der Waals surface area contributed by atoms with Gasteiger partial charge in [0.05, 0.1) is 0 Å². The van der Waals surface area contributed by atoms with Crippen molar-refractivity contribution in [2.24, 2.45) is 52.6 Å². The third-order valence-electron chi connectivity index (χ3n) is 7.73. The molecule has 0 bridgehead atoms. The molecule has 17 heavy (non-hydrogen) atoms. The number of rotatable bonds is 0. The Morgan fingerprint density at radius 3 is 2.35 bits per heavy atom. The predicted molar refractivity (Wildman–Crippen MR) is 70.3 cm³/mol. The maximum atomic E-state index is 6.44. The van der Waals surface area contributed by atoms with Crippen molar-refractivity contribution in [1.82, 2.24) is 0 Å². The Morgan fingerprint density at radius 2 is 1.76 bits per heavy atom. The van der Waals surface area contributed by atoms with Crippen LogP contribution in [0.5, 0.6) is 0 Å². The van der Waals surface area contributed by atoms with Crippen molar-refractivity contribution < 1.29 is 0 Å². The van der Waals surface area contributed by atoms with Crippen LogP contribution in [-0.4, -0.2) is 6.04 Å². The number of fused-ring (bicyclic) bond motifs is 4. The van der Waals surface area contributed by atoms with Crippen LogP contribution < -0.4 is 5.73 Å². The van der Waals surface area contributed by atoms with Gasteiger partial charge in [-0.05, 0) is 72.5 Å². The standard InChI is InChI=1S/C16H27N/c1-8-6-13-14(15(8)17)10(3)16(13)7-9(2)11-4-5-12(11)16/h8-15H,4-7,17H2,1-3H3/t8?,9-,10-,11?,12?,13?,14?,15?,16?/m0/s1. The first-order chi connectivity index (χ1) is 8.07. The zero-order valence-corrected chi connectivity index (χ0v) is 11.5. The van der Waals surface area contributed by atoms with Gasteiger partial charge >= 0.3 is 0 Å². The fourth-order valence-corrected chi connectivity index (χ4v) is 6.88. The van der Waals surface area contributed by atoms with E-state index in [9.17, 15) is 0 Å². The highest BCUT2D eigenvalue weighted by Crippen LogP contribution is 2.76. The molecular formula is C16H27N. The van der Waals surface area contributed by atoms with Crippen molar-refractivity contribution in [2.75, 3.05) is 0 Å². The van der Waals surface area contributed by atoms with Gasteiger partial charge in [-0.3, -0.25) is 0 Å². The molecule has 0 saturated heterocycles. The molecule has 9 atom stereocenters. The molecule has 1 spiro atoms. The highest BCUT2D eigenvalue weighted by atomic mass is 14.8. The van der Waals surface area contributed by atoms with Crippen LogP contribution in [0.3, 0.4) is 0 Å². The fraction of sp³-hybridized carbons (Fsp3) is 1.00. The van der Waals surface area contributed by atoms with Crippen LogP contribution >= 0.6 is 0 Å². The largest absolute Gasteiger partial charge is 0.327 e. The molecule has 4 rings (SSSR count). The van der Waals surface area contributed by atoms with Gasteiger partial charge < -0.3 is 5.73 Å². The van der Waals surface area contributed by atoms with Gasteiger partial charge in [0.25, 0.3) is 0 Å². The maximum Gasteiger partial charge on any atom is 0.00987 e. The molecule has 0 aliphatic heterocycles. The van der Waals surface area contributed by atoms with Crippen molar-refractivity contribution in [3.05, 3.63) is 0 Å². The summed E-state index contributed by atoms with van der Waals surface area (Å²) in [7, 11) is 0. The highest BCUT2D eigenvalue weighted by Gasteiger charge is 2.72. The van der Waals surface area contributed by atoms with E-state index in [1.807, 2.05) is 0 Å². The Morgan fingerprint density at radius 1 is 1.00 bits per heavy atom. The Hall–Kier alpha value is -0.0400. The second-order valence-electron chi connectivity index (χ2n) is 7.90. The molecule has 0 heterocycles. The second kappa shape index (κ2) is 3.10. The van der Waals surface area contributed by atoms with Gasteiger partial charge in [-0.2, -0.15) is 0 Å². The monoisotopic (exact) mass is 233 g/mol.